The molecule has 0 bridgehead atoms. The van der Waals surface area contributed by atoms with E-state index >= 15 is 0 Å². The maximum atomic E-state index is 10.6. The molecule has 0 aromatic carbocycles. The van der Waals surface area contributed by atoms with Crippen LogP contribution in [0.25, 0.3) is 0 Å². The van der Waals surface area contributed by atoms with Gasteiger partial charge in [0.25, 0.3) is 0 Å². The van der Waals surface area contributed by atoms with Crippen molar-refractivity contribution in [3.63, 3.8) is 0 Å². The molecule has 1 atom stereocenters. The van der Waals surface area contributed by atoms with Crippen LogP contribution in [-0.4, -0.2) is 12.3 Å². The third-order valence-electron chi connectivity index (χ3n) is 0.872. The number of rotatable bonds is 4. The van der Waals surface area contributed by atoms with Crippen LogP contribution in [-0.2, 0) is 14.3 Å². The largest absolute Gasteiger partial charge is 0.434 e. The molecule has 0 radical (unpaired) electrons. The smallest absolute Gasteiger partial charge is 0.324 e. The molecule has 0 rings (SSSR count). The SMILES string of the molecule is C=COC(=O)C(C=C)C=O. The van der Waals surface area contributed by atoms with Crippen LogP contribution in [0, 0.1) is 5.92 Å². The molecule has 0 heterocycles. The molecule has 0 spiro atoms. The summed E-state index contributed by atoms with van der Waals surface area (Å²) < 4.78 is 4.31. The van der Waals surface area contributed by atoms with Crippen LogP contribution in [0.5, 0.6) is 0 Å². The summed E-state index contributed by atoms with van der Waals surface area (Å²) in [7, 11) is 0. The lowest BCUT2D eigenvalue weighted by molar-refractivity contribution is -0.142. The molecule has 0 aromatic heterocycles. The quantitative estimate of drug-likeness (QED) is 0.189. The summed E-state index contributed by atoms with van der Waals surface area (Å²) in [6.07, 6.45) is 2.64. The molecule has 0 aliphatic rings. The van der Waals surface area contributed by atoms with Crippen LogP contribution in [0.4, 0.5) is 0 Å². The Balaban J connectivity index is 4.00. The number of carbonyl (C=O) groups is 2. The number of ether oxygens (including phenoxy) is 1. The molecule has 54 valence electrons. The maximum absolute atomic E-state index is 10.6. The Hall–Kier alpha value is -1.38. The molecule has 0 aliphatic carbocycles. The zero-order valence-electron chi connectivity index (χ0n) is 5.45. The van der Waals surface area contributed by atoms with E-state index in [9.17, 15) is 9.59 Å². The van der Waals surface area contributed by atoms with Crippen LogP contribution < -0.4 is 0 Å². The van der Waals surface area contributed by atoms with Crippen LogP contribution in [0.2, 0.25) is 0 Å². The van der Waals surface area contributed by atoms with E-state index in [0.29, 0.717) is 6.29 Å². The first-order chi connectivity index (χ1) is 4.76. The van der Waals surface area contributed by atoms with Crippen molar-refractivity contribution < 1.29 is 14.3 Å². The van der Waals surface area contributed by atoms with Gasteiger partial charge in [-0.25, -0.2) is 0 Å². The molecule has 3 heteroatoms. The number of aldehydes is 1. The summed E-state index contributed by atoms with van der Waals surface area (Å²) in [6, 6.07) is 0. The highest BCUT2D eigenvalue weighted by Gasteiger charge is 2.13. The van der Waals surface area contributed by atoms with Gasteiger partial charge in [0.15, 0.2) is 0 Å². The number of esters is 1. The third-order valence-corrected chi connectivity index (χ3v) is 0.872. The second-order valence-corrected chi connectivity index (χ2v) is 1.50. The van der Waals surface area contributed by atoms with E-state index in [1.807, 2.05) is 0 Å². The van der Waals surface area contributed by atoms with Gasteiger partial charge in [-0.05, 0) is 0 Å². The Kier molecular flexibility index (Phi) is 3.87. The monoisotopic (exact) mass is 140 g/mol. The van der Waals surface area contributed by atoms with Crippen molar-refractivity contribution in [3.8, 4) is 0 Å². The van der Waals surface area contributed by atoms with Crippen molar-refractivity contribution in [3.05, 3.63) is 25.5 Å². The van der Waals surface area contributed by atoms with Crippen LogP contribution in [0.15, 0.2) is 25.5 Å². The summed E-state index contributed by atoms with van der Waals surface area (Å²) >= 11 is 0. The van der Waals surface area contributed by atoms with E-state index in [-0.39, 0.29) is 0 Å². The highest BCUT2D eigenvalue weighted by molar-refractivity contribution is 5.90. The van der Waals surface area contributed by atoms with E-state index < -0.39 is 11.9 Å². The standard InChI is InChI=1S/C7H8O3/c1-3-6(5-8)7(9)10-4-2/h3-6H,1-2H2. The maximum Gasteiger partial charge on any atom is 0.324 e. The van der Waals surface area contributed by atoms with Gasteiger partial charge in [-0.15, -0.1) is 6.58 Å². The van der Waals surface area contributed by atoms with Gasteiger partial charge in [0.1, 0.15) is 12.2 Å². The van der Waals surface area contributed by atoms with E-state index in [1.165, 1.54) is 6.08 Å². The number of hydrogen-bond donors (Lipinski definition) is 0. The number of carbonyl (C=O) groups excluding carboxylic acids is 2. The minimum atomic E-state index is -0.877. The van der Waals surface area contributed by atoms with Crippen molar-refractivity contribution in [1.29, 1.82) is 0 Å². The highest BCUT2D eigenvalue weighted by atomic mass is 16.5. The topological polar surface area (TPSA) is 43.4 Å². The zero-order valence-corrected chi connectivity index (χ0v) is 5.45. The molecule has 0 amide bonds. The Labute approximate surface area is 59.0 Å². The molecular formula is C7H8O3. The average molecular weight is 140 g/mol. The van der Waals surface area contributed by atoms with Gasteiger partial charge in [-0.3, -0.25) is 4.79 Å². The Bertz CT molecular complexity index is 152. The predicted molar refractivity (Wildman–Crippen MR) is 36.0 cm³/mol. The molecule has 0 fully saturated rings. The van der Waals surface area contributed by atoms with Gasteiger partial charge >= 0.3 is 5.97 Å². The Morgan fingerprint density at radius 3 is 2.40 bits per heavy atom. The molecule has 0 N–H and O–H groups in total. The number of hydrogen-bond acceptors (Lipinski definition) is 3. The van der Waals surface area contributed by atoms with Crippen LogP contribution in [0.1, 0.15) is 0 Å². The second-order valence-electron chi connectivity index (χ2n) is 1.50. The molecule has 0 saturated heterocycles. The second kappa shape index (κ2) is 4.49. The van der Waals surface area contributed by atoms with Gasteiger partial charge in [-0.2, -0.15) is 0 Å². The lowest BCUT2D eigenvalue weighted by Crippen LogP contribution is -2.13. The Morgan fingerprint density at radius 2 is 2.10 bits per heavy atom. The molecular weight excluding hydrogens is 132 g/mol. The fraction of sp³-hybridized carbons (Fsp3) is 0.143. The molecule has 1 unspecified atom stereocenters. The zero-order chi connectivity index (χ0) is 7.98. The van der Waals surface area contributed by atoms with Crippen molar-refractivity contribution in [2.24, 2.45) is 5.92 Å². The Morgan fingerprint density at radius 1 is 1.50 bits per heavy atom. The highest BCUT2D eigenvalue weighted by Crippen LogP contribution is 1.96. The summed E-state index contributed by atoms with van der Waals surface area (Å²) in [4.78, 5) is 20.7. The minimum absolute atomic E-state index is 0.457. The van der Waals surface area contributed by atoms with Crippen molar-refractivity contribution in [2.75, 3.05) is 0 Å². The predicted octanol–water partition coefficient (Wildman–Crippen LogP) is 0.674. The lowest BCUT2D eigenvalue weighted by Gasteiger charge is -1.99. The van der Waals surface area contributed by atoms with Crippen LogP contribution >= 0.6 is 0 Å². The van der Waals surface area contributed by atoms with Crippen molar-refractivity contribution in [2.45, 2.75) is 0 Å². The van der Waals surface area contributed by atoms with Crippen molar-refractivity contribution >= 4 is 12.3 Å². The van der Waals surface area contributed by atoms with Gasteiger partial charge in [-0.1, -0.05) is 12.7 Å². The summed E-state index contributed by atoms with van der Waals surface area (Å²) in [5.74, 6) is -1.53. The van der Waals surface area contributed by atoms with E-state index in [1.54, 1.807) is 0 Å². The molecule has 0 saturated carbocycles. The van der Waals surface area contributed by atoms with Crippen LogP contribution in [0.3, 0.4) is 0 Å². The third kappa shape index (κ3) is 2.26. The fourth-order valence-electron chi connectivity index (χ4n) is 0.368. The molecule has 0 aliphatic heterocycles. The summed E-state index contributed by atoms with van der Waals surface area (Å²) in [6.45, 7) is 6.43. The van der Waals surface area contributed by atoms with Gasteiger partial charge in [0.05, 0.1) is 6.26 Å². The average Bonchev–Trinajstić information content (AvgIpc) is 1.91. The summed E-state index contributed by atoms with van der Waals surface area (Å²) in [5, 5.41) is 0. The molecule has 0 aromatic rings. The lowest BCUT2D eigenvalue weighted by atomic mass is 10.2. The summed E-state index contributed by atoms with van der Waals surface area (Å²) in [5.41, 5.74) is 0. The van der Waals surface area contributed by atoms with Gasteiger partial charge in [0, 0.05) is 0 Å². The first kappa shape index (κ1) is 8.62. The molecule has 3 nitrogen and oxygen atoms in total. The van der Waals surface area contributed by atoms with E-state index in [4.69, 9.17) is 0 Å². The van der Waals surface area contributed by atoms with Gasteiger partial charge in [0.2, 0.25) is 0 Å². The minimum Gasteiger partial charge on any atom is -0.434 e. The first-order valence-corrected chi connectivity index (χ1v) is 2.65. The normalized spacial score (nSPS) is 11.2. The van der Waals surface area contributed by atoms with Gasteiger partial charge < -0.3 is 9.53 Å². The van der Waals surface area contributed by atoms with Crippen molar-refractivity contribution in [1.82, 2.24) is 0 Å². The fourth-order valence-corrected chi connectivity index (χ4v) is 0.368. The van der Waals surface area contributed by atoms with E-state index in [0.717, 1.165) is 6.26 Å². The van der Waals surface area contributed by atoms with E-state index in [2.05, 4.69) is 17.9 Å². The molecule has 10 heavy (non-hydrogen) atoms. The first-order valence-electron chi connectivity index (χ1n) is 2.65.